The Hall–Kier alpha value is -4.63. The van der Waals surface area contributed by atoms with Gasteiger partial charge < -0.3 is 41.6 Å². The van der Waals surface area contributed by atoms with Crippen LogP contribution in [0.2, 0.25) is 0 Å². The number of nitrogens with one attached hydrogen (secondary N) is 5. The molecule has 15 nitrogen and oxygen atoms in total. The Morgan fingerprint density at radius 3 is 1.80 bits per heavy atom. The van der Waals surface area contributed by atoms with Crippen molar-refractivity contribution < 1.29 is 44.1 Å². The number of Topliss-reactive ketones (excluding diaryl/α,β-unsaturated/α-hetero) is 1. The van der Waals surface area contributed by atoms with Crippen LogP contribution in [0.15, 0.2) is 42.9 Å². The fourth-order valence-corrected chi connectivity index (χ4v) is 4.17. The van der Waals surface area contributed by atoms with E-state index in [-0.39, 0.29) is 25.0 Å². The number of carbonyl (C=O) groups is 6. The van der Waals surface area contributed by atoms with Gasteiger partial charge in [-0.1, -0.05) is 37.3 Å². The second-order valence-corrected chi connectivity index (χ2v) is 10.4. The number of amides is 4. The van der Waals surface area contributed by atoms with Crippen LogP contribution in [0.5, 0.6) is 0 Å². The SMILES string of the molecule is CCC(=O)[C@H](Cc1cnc[nH]1)NC(=O)[C@@H](NC(=O)[C@@H](NC(=O)C(C)C(=O)N[C@@H](Cc1ccccc1)C(=O)O)[C@@H](C)O)[C@H](C)O. The van der Waals surface area contributed by atoms with Gasteiger partial charge in [-0.2, -0.15) is 0 Å². The molecular formula is C29H40N6O9. The van der Waals surface area contributed by atoms with Crippen molar-refractivity contribution in [3.63, 3.8) is 0 Å². The summed E-state index contributed by atoms with van der Waals surface area (Å²) in [6, 6.07) is 2.98. The molecule has 1 aromatic heterocycles. The van der Waals surface area contributed by atoms with Crippen LogP contribution in [0.25, 0.3) is 0 Å². The molecule has 0 bridgehead atoms. The number of ketones is 1. The fraction of sp³-hybridized carbons (Fsp3) is 0.483. The van der Waals surface area contributed by atoms with Crippen LogP contribution >= 0.6 is 0 Å². The number of hydrogen-bond donors (Lipinski definition) is 8. The molecule has 7 atom stereocenters. The first-order valence-corrected chi connectivity index (χ1v) is 14.1. The van der Waals surface area contributed by atoms with Gasteiger partial charge in [0.25, 0.3) is 0 Å². The molecule has 0 fully saturated rings. The van der Waals surface area contributed by atoms with Crippen molar-refractivity contribution in [1.82, 2.24) is 31.2 Å². The number of carbonyl (C=O) groups excluding carboxylic acids is 5. The van der Waals surface area contributed by atoms with E-state index in [1.807, 2.05) is 0 Å². The molecule has 0 saturated carbocycles. The minimum atomic E-state index is -1.66. The predicted octanol–water partition coefficient (Wildman–Crippen LogP) is -1.40. The number of carboxylic acid groups (broad SMARTS) is 1. The molecule has 0 aliphatic rings. The average molecular weight is 617 g/mol. The first-order chi connectivity index (χ1) is 20.7. The van der Waals surface area contributed by atoms with Crippen LogP contribution in [0.4, 0.5) is 0 Å². The van der Waals surface area contributed by atoms with Gasteiger partial charge in [0.15, 0.2) is 5.78 Å². The summed E-state index contributed by atoms with van der Waals surface area (Å²) in [7, 11) is 0. The molecule has 2 aromatic rings. The highest BCUT2D eigenvalue weighted by Crippen LogP contribution is 2.08. The summed E-state index contributed by atoms with van der Waals surface area (Å²) in [5.41, 5.74) is 1.21. The molecule has 1 unspecified atom stereocenters. The summed E-state index contributed by atoms with van der Waals surface area (Å²) in [4.78, 5) is 82.7. The monoisotopic (exact) mass is 616 g/mol. The molecule has 4 amide bonds. The highest BCUT2D eigenvalue weighted by Gasteiger charge is 2.35. The van der Waals surface area contributed by atoms with Gasteiger partial charge in [0.05, 0.1) is 24.6 Å². The molecule has 0 spiro atoms. The zero-order valence-electron chi connectivity index (χ0n) is 24.9. The number of hydrogen-bond acceptors (Lipinski definition) is 9. The molecule has 0 saturated heterocycles. The van der Waals surface area contributed by atoms with E-state index >= 15 is 0 Å². The minimum absolute atomic E-state index is 0.0373. The predicted molar refractivity (Wildman–Crippen MR) is 156 cm³/mol. The Morgan fingerprint density at radius 1 is 0.773 bits per heavy atom. The lowest BCUT2D eigenvalue weighted by molar-refractivity contribution is -0.144. The third-order valence-corrected chi connectivity index (χ3v) is 6.84. The summed E-state index contributed by atoms with van der Waals surface area (Å²) >= 11 is 0. The third-order valence-electron chi connectivity index (χ3n) is 6.84. The minimum Gasteiger partial charge on any atom is -0.480 e. The van der Waals surface area contributed by atoms with Gasteiger partial charge in [0.1, 0.15) is 24.0 Å². The zero-order chi connectivity index (χ0) is 33.0. The van der Waals surface area contributed by atoms with Gasteiger partial charge in [0.2, 0.25) is 23.6 Å². The number of aliphatic carboxylic acids is 1. The topological polar surface area (TPSA) is 240 Å². The molecular weight excluding hydrogens is 576 g/mol. The van der Waals surface area contributed by atoms with E-state index in [9.17, 15) is 44.1 Å². The van der Waals surface area contributed by atoms with Crippen molar-refractivity contribution in [2.75, 3.05) is 0 Å². The Labute approximate surface area is 254 Å². The summed E-state index contributed by atoms with van der Waals surface area (Å²) < 4.78 is 0. The maximum Gasteiger partial charge on any atom is 0.326 e. The van der Waals surface area contributed by atoms with Crippen LogP contribution in [-0.4, -0.2) is 97.0 Å². The van der Waals surface area contributed by atoms with E-state index in [1.54, 1.807) is 37.3 Å². The van der Waals surface area contributed by atoms with Gasteiger partial charge in [-0.15, -0.1) is 0 Å². The standard InChI is InChI=1S/C29H40N6O9/c1-5-22(38)20(12-19-13-30-14-31-19)32-27(41)23(16(3)36)35-28(42)24(17(4)37)34-26(40)15(2)25(39)33-21(29(43)44)11-18-9-7-6-8-10-18/h6-10,13-17,20-21,23-24,36-37H,5,11-12H2,1-4H3,(H,30,31)(H,32,41)(H,33,39)(H,34,40)(H,35,42)(H,43,44)/t15?,16-,17+,20-,21-,23-,24-/m0/s1. The second kappa shape index (κ2) is 16.9. The smallest absolute Gasteiger partial charge is 0.326 e. The molecule has 1 aromatic carbocycles. The number of aliphatic hydroxyl groups is 2. The first kappa shape index (κ1) is 35.6. The van der Waals surface area contributed by atoms with Gasteiger partial charge in [-0.25, -0.2) is 9.78 Å². The average Bonchev–Trinajstić information content (AvgIpc) is 3.50. The maximum atomic E-state index is 13.1. The molecule has 240 valence electrons. The molecule has 0 radical (unpaired) electrons. The van der Waals surface area contributed by atoms with Crippen molar-refractivity contribution in [2.45, 2.75) is 83.3 Å². The number of H-pyrrole nitrogens is 1. The highest BCUT2D eigenvalue weighted by molar-refractivity contribution is 6.03. The van der Waals surface area contributed by atoms with Crippen LogP contribution in [0.3, 0.4) is 0 Å². The van der Waals surface area contributed by atoms with Crippen LogP contribution in [0, 0.1) is 5.92 Å². The number of carboxylic acids is 1. The number of aliphatic hydroxyl groups excluding tert-OH is 2. The van der Waals surface area contributed by atoms with E-state index in [0.29, 0.717) is 11.3 Å². The molecule has 44 heavy (non-hydrogen) atoms. The summed E-state index contributed by atoms with van der Waals surface area (Å²) in [5, 5.41) is 39.4. The van der Waals surface area contributed by atoms with Crippen molar-refractivity contribution >= 4 is 35.4 Å². The van der Waals surface area contributed by atoms with Gasteiger partial charge >= 0.3 is 5.97 Å². The quantitative estimate of drug-likeness (QED) is 0.0967. The normalized spacial score (nSPS) is 15.8. The first-order valence-electron chi connectivity index (χ1n) is 14.1. The molecule has 15 heteroatoms. The fourth-order valence-electron chi connectivity index (χ4n) is 4.17. The molecule has 0 aliphatic heterocycles. The van der Waals surface area contributed by atoms with E-state index in [1.165, 1.54) is 33.3 Å². The number of imidazole rings is 1. The molecule has 1 heterocycles. The van der Waals surface area contributed by atoms with Crippen molar-refractivity contribution in [3.8, 4) is 0 Å². The summed E-state index contributed by atoms with van der Waals surface area (Å²) in [6.07, 6.45) is 0.0875. The lowest BCUT2D eigenvalue weighted by Gasteiger charge is -2.28. The van der Waals surface area contributed by atoms with Gasteiger partial charge in [-0.05, 0) is 26.3 Å². The van der Waals surface area contributed by atoms with Gasteiger partial charge in [0, 0.05) is 31.2 Å². The second-order valence-electron chi connectivity index (χ2n) is 10.4. The van der Waals surface area contributed by atoms with Crippen LogP contribution < -0.4 is 21.3 Å². The summed E-state index contributed by atoms with van der Waals surface area (Å²) in [6.45, 7) is 5.23. The van der Waals surface area contributed by atoms with E-state index in [2.05, 4.69) is 31.2 Å². The Kier molecular flexibility index (Phi) is 13.6. The molecule has 8 N–H and O–H groups in total. The number of aromatic nitrogens is 2. The Balaban J connectivity index is 2.09. The van der Waals surface area contributed by atoms with Crippen LogP contribution in [-0.2, 0) is 41.6 Å². The van der Waals surface area contributed by atoms with Crippen LogP contribution in [0.1, 0.15) is 45.4 Å². The number of nitrogens with zero attached hydrogens (tertiary/aromatic N) is 1. The van der Waals surface area contributed by atoms with Crippen molar-refractivity contribution in [2.24, 2.45) is 5.92 Å². The lowest BCUT2D eigenvalue weighted by Crippen LogP contribution is -2.61. The van der Waals surface area contributed by atoms with E-state index in [4.69, 9.17) is 0 Å². The van der Waals surface area contributed by atoms with E-state index in [0.717, 1.165) is 0 Å². The Morgan fingerprint density at radius 2 is 1.30 bits per heavy atom. The van der Waals surface area contributed by atoms with E-state index < -0.39 is 71.9 Å². The Bertz CT molecular complexity index is 1280. The third kappa shape index (κ3) is 10.6. The van der Waals surface area contributed by atoms with Gasteiger partial charge in [-0.3, -0.25) is 24.0 Å². The summed E-state index contributed by atoms with van der Waals surface area (Å²) in [5.74, 6) is -6.97. The van der Waals surface area contributed by atoms with Crippen molar-refractivity contribution in [1.29, 1.82) is 0 Å². The zero-order valence-corrected chi connectivity index (χ0v) is 24.9. The lowest BCUT2D eigenvalue weighted by atomic mass is 10.0. The molecule has 2 rings (SSSR count). The van der Waals surface area contributed by atoms with Crippen molar-refractivity contribution in [3.05, 3.63) is 54.1 Å². The molecule has 0 aliphatic carbocycles. The largest absolute Gasteiger partial charge is 0.480 e. The highest BCUT2D eigenvalue weighted by atomic mass is 16.4. The number of aromatic amines is 1. The number of benzene rings is 1. The maximum absolute atomic E-state index is 13.1. The number of rotatable bonds is 17.